The van der Waals surface area contributed by atoms with Crippen LogP contribution in [0.1, 0.15) is 51.0 Å². The normalized spacial score (nSPS) is 35.2. The summed E-state index contributed by atoms with van der Waals surface area (Å²) in [6.07, 6.45) is 7.53. The molecule has 24 heavy (non-hydrogen) atoms. The molecular formula is C19H25NO3S. The van der Waals surface area contributed by atoms with E-state index in [2.05, 4.69) is 5.16 Å². The van der Waals surface area contributed by atoms with Crippen molar-refractivity contribution in [2.75, 3.05) is 0 Å². The van der Waals surface area contributed by atoms with Crippen LogP contribution in [0.15, 0.2) is 34.3 Å². The first-order valence-corrected chi connectivity index (χ1v) is 10.3. The van der Waals surface area contributed by atoms with Crippen molar-refractivity contribution in [2.45, 2.75) is 57.3 Å². The molecular weight excluding hydrogens is 322 g/mol. The van der Waals surface area contributed by atoms with Crippen molar-refractivity contribution in [3.63, 3.8) is 0 Å². The number of benzene rings is 1. The standard InChI is InChI=1S/C19H25NO3S/c1-13-3-5-18(6-4-13)24(21,22)23-20-14(2)19-10-15-7-16(11-19)9-17(8-15)12-19/h3-6,15-17H,7-12H2,1-2H3/b20-14+. The molecule has 0 atom stereocenters. The van der Waals surface area contributed by atoms with E-state index >= 15 is 0 Å². The number of aryl methyl sites for hydroxylation is 1. The van der Waals surface area contributed by atoms with Crippen molar-refractivity contribution >= 4 is 15.8 Å². The molecule has 1 aromatic rings. The van der Waals surface area contributed by atoms with Gasteiger partial charge in [0.2, 0.25) is 0 Å². The smallest absolute Gasteiger partial charge is 0.265 e. The minimum absolute atomic E-state index is 0.0809. The highest BCUT2D eigenvalue weighted by Gasteiger charge is 2.52. The molecule has 5 heteroatoms. The molecule has 4 bridgehead atoms. The van der Waals surface area contributed by atoms with Gasteiger partial charge in [-0.3, -0.25) is 4.28 Å². The van der Waals surface area contributed by atoms with Gasteiger partial charge in [0.15, 0.2) is 0 Å². The largest absolute Gasteiger partial charge is 0.358 e. The number of hydrogen-bond acceptors (Lipinski definition) is 4. The molecule has 0 saturated heterocycles. The summed E-state index contributed by atoms with van der Waals surface area (Å²) in [6, 6.07) is 6.68. The molecule has 0 radical (unpaired) electrons. The lowest BCUT2D eigenvalue weighted by atomic mass is 9.48. The maximum absolute atomic E-state index is 12.3. The lowest BCUT2D eigenvalue weighted by molar-refractivity contribution is -0.0137. The van der Waals surface area contributed by atoms with Crippen molar-refractivity contribution in [3.05, 3.63) is 29.8 Å². The zero-order chi connectivity index (χ0) is 16.9. The fraction of sp³-hybridized carbons (Fsp3) is 0.632. The highest BCUT2D eigenvalue weighted by Crippen LogP contribution is 2.60. The van der Waals surface area contributed by atoms with Crippen LogP contribution in [-0.2, 0) is 14.4 Å². The fourth-order valence-corrected chi connectivity index (χ4v) is 6.27. The van der Waals surface area contributed by atoms with E-state index in [1.807, 2.05) is 13.8 Å². The second kappa shape index (κ2) is 5.58. The Hall–Kier alpha value is -1.36. The Bertz CT molecular complexity index is 729. The van der Waals surface area contributed by atoms with Crippen molar-refractivity contribution in [3.8, 4) is 0 Å². The molecule has 0 aromatic heterocycles. The SMILES string of the molecule is C/C(=N\OS(=O)(=O)c1ccc(C)cc1)C12CC3CC(CC(C3)C1)C2. The number of oxime groups is 1. The molecule has 130 valence electrons. The van der Waals surface area contributed by atoms with Gasteiger partial charge in [0, 0.05) is 5.41 Å². The van der Waals surface area contributed by atoms with E-state index < -0.39 is 10.1 Å². The third-order valence-corrected chi connectivity index (χ3v) is 7.51. The predicted molar refractivity (Wildman–Crippen MR) is 93.2 cm³/mol. The van der Waals surface area contributed by atoms with Gasteiger partial charge < -0.3 is 0 Å². The average Bonchev–Trinajstić information content (AvgIpc) is 2.52. The van der Waals surface area contributed by atoms with E-state index in [9.17, 15) is 8.42 Å². The van der Waals surface area contributed by atoms with Gasteiger partial charge in [0.1, 0.15) is 4.90 Å². The van der Waals surface area contributed by atoms with Crippen LogP contribution in [0.25, 0.3) is 0 Å². The van der Waals surface area contributed by atoms with Gasteiger partial charge in [-0.15, -0.1) is 0 Å². The van der Waals surface area contributed by atoms with Crippen LogP contribution in [0, 0.1) is 30.1 Å². The average molecular weight is 347 g/mol. The number of rotatable bonds is 4. The summed E-state index contributed by atoms with van der Waals surface area (Å²) in [5, 5.41) is 4.11. The minimum atomic E-state index is -3.83. The molecule has 0 N–H and O–H groups in total. The van der Waals surface area contributed by atoms with Crippen LogP contribution in [0.4, 0.5) is 0 Å². The van der Waals surface area contributed by atoms with Crippen LogP contribution in [0.5, 0.6) is 0 Å². The molecule has 4 fully saturated rings. The lowest BCUT2D eigenvalue weighted by Crippen LogP contribution is -2.49. The Morgan fingerprint density at radius 3 is 2.04 bits per heavy atom. The summed E-state index contributed by atoms with van der Waals surface area (Å²) >= 11 is 0. The molecule has 5 rings (SSSR count). The molecule has 0 aliphatic heterocycles. The first-order chi connectivity index (χ1) is 11.4. The van der Waals surface area contributed by atoms with Gasteiger partial charge in [-0.25, -0.2) is 0 Å². The van der Waals surface area contributed by atoms with E-state index in [4.69, 9.17) is 4.28 Å². The van der Waals surface area contributed by atoms with Crippen molar-refractivity contribution in [1.82, 2.24) is 0 Å². The zero-order valence-electron chi connectivity index (χ0n) is 14.4. The van der Waals surface area contributed by atoms with Crippen molar-refractivity contribution in [2.24, 2.45) is 28.3 Å². The van der Waals surface area contributed by atoms with Gasteiger partial charge in [-0.1, -0.05) is 22.9 Å². The number of hydrogen-bond donors (Lipinski definition) is 0. The topological polar surface area (TPSA) is 55.7 Å². The van der Waals surface area contributed by atoms with Crippen LogP contribution in [0.3, 0.4) is 0 Å². The van der Waals surface area contributed by atoms with Gasteiger partial charge >= 0.3 is 10.1 Å². The highest BCUT2D eigenvalue weighted by molar-refractivity contribution is 7.86. The van der Waals surface area contributed by atoms with Crippen LogP contribution in [-0.4, -0.2) is 14.1 Å². The molecule has 0 heterocycles. The van der Waals surface area contributed by atoms with Crippen molar-refractivity contribution < 1.29 is 12.7 Å². The van der Waals surface area contributed by atoms with Crippen LogP contribution >= 0.6 is 0 Å². The molecule has 4 aliphatic carbocycles. The number of nitrogens with zero attached hydrogens (tertiary/aromatic N) is 1. The minimum Gasteiger partial charge on any atom is -0.265 e. The molecule has 0 unspecified atom stereocenters. The molecule has 4 aliphatic rings. The Kier molecular flexibility index (Phi) is 3.75. The maximum atomic E-state index is 12.3. The highest BCUT2D eigenvalue weighted by atomic mass is 32.2. The summed E-state index contributed by atoms with van der Waals surface area (Å²) in [6.45, 7) is 3.88. The van der Waals surface area contributed by atoms with E-state index in [1.165, 1.54) is 19.3 Å². The Morgan fingerprint density at radius 1 is 1.04 bits per heavy atom. The monoisotopic (exact) mass is 347 g/mol. The summed E-state index contributed by atoms with van der Waals surface area (Å²) in [7, 11) is -3.83. The Morgan fingerprint density at radius 2 is 1.54 bits per heavy atom. The van der Waals surface area contributed by atoms with Gasteiger partial charge in [-0.2, -0.15) is 8.42 Å². The maximum Gasteiger partial charge on any atom is 0.358 e. The first-order valence-electron chi connectivity index (χ1n) is 8.92. The van der Waals surface area contributed by atoms with E-state index in [-0.39, 0.29) is 10.3 Å². The summed E-state index contributed by atoms with van der Waals surface area (Å²) in [4.78, 5) is 0.162. The van der Waals surface area contributed by atoms with Crippen molar-refractivity contribution in [1.29, 1.82) is 0 Å². The second-order valence-electron chi connectivity index (χ2n) is 8.22. The predicted octanol–water partition coefficient (Wildman–Crippen LogP) is 4.29. The second-order valence-corrected chi connectivity index (χ2v) is 9.75. The Labute approximate surface area is 144 Å². The third kappa shape index (κ3) is 2.77. The molecule has 4 nitrogen and oxygen atoms in total. The quantitative estimate of drug-likeness (QED) is 0.603. The van der Waals surface area contributed by atoms with Crippen LogP contribution in [0.2, 0.25) is 0 Å². The van der Waals surface area contributed by atoms with Gasteiger partial charge in [0.25, 0.3) is 0 Å². The summed E-state index contributed by atoms with van der Waals surface area (Å²) in [5.74, 6) is 2.40. The van der Waals surface area contributed by atoms with Gasteiger partial charge in [-0.05, 0) is 82.3 Å². The zero-order valence-corrected chi connectivity index (χ0v) is 15.2. The Balaban J connectivity index is 1.54. The third-order valence-electron chi connectivity index (χ3n) is 6.39. The molecule has 4 saturated carbocycles. The fourth-order valence-electron chi connectivity index (χ4n) is 5.50. The van der Waals surface area contributed by atoms with E-state index in [0.717, 1.165) is 48.3 Å². The lowest BCUT2D eigenvalue weighted by Gasteiger charge is -2.56. The molecule has 0 amide bonds. The molecule has 0 spiro atoms. The molecule has 1 aromatic carbocycles. The first kappa shape index (κ1) is 16.1. The van der Waals surface area contributed by atoms with E-state index in [1.54, 1.807) is 24.3 Å². The van der Waals surface area contributed by atoms with E-state index in [0.29, 0.717) is 0 Å². The summed E-state index contributed by atoms with van der Waals surface area (Å²) < 4.78 is 29.8. The van der Waals surface area contributed by atoms with Crippen LogP contribution < -0.4 is 0 Å². The van der Waals surface area contributed by atoms with Gasteiger partial charge in [0.05, 0.1) is 5.71 Å². The summed E-state index contributed by atoms with van der Waals surface area (Å²) in [5.41, 5.74) is 1.97.